The van der Waals surface area contributed by atoms with Gasteiger partial charge in [-0.3, -0.25) is 9.59 Å². The predicted octanol–water partition coefficient (Wildman–Crippen LogP) is 3.30. The lowest BCUT2D eigenvalue weighted by Gasteiger charge is -2.27. The van der Waals surface area contributed by atoms with E-state index >= 15 is 0 Å². The van der Waals surface area contributed by atoms with E-state index in [0.29, 0.717) is 22.5 Å². The minimum atomic E-state index is -0.786. The van der Waals surface area contributed by atoms with Crippen molar-refractivity contribution < 1.29 is 23.5 Å². The highest BCUT2D eigenvalue weighted by Gasteiger charge is 2.32. The summed E-state index contributed by atoms with van der Waals surface area (Å²) in [4.78, 5) is 39.5. The predicted molar refractivity (Wildman–Crippen MR) is 103 cm³/mol. The molecular weight excluding hydrogens is 363 g/mol. The molecule has 0 unspecified atom stereocenters. The van der Waals surface area contributed by atoms with E-state index in [1.165, 1.54) is 30.2 Å². The highest BCUT2D eigenvalue weighted by molar-refractivity contribution is 6.07. The monoisotopic (exact) mass is 388 g/mol. The zero-order chi connectivity index (χ0) is 21.2. The molecule has 0 saturated carbocycles. The highest BCUT2D eigenvalue weighted by Crippen LogP contribution is 2.25. The molecule has 0 N–H and O–H groups in total. The number of methoxy groups -OCH3 is 1. The molecule has 1 atom stereocenters. The number of halogens is 1. The molecule has 0 spiro atoms. The number of likely N-dealkylation sites (N-methyl/N-ethyl adjacent to an activating group) is 1. The maximum atomic E-state index is 13.5. The van der Waals surface area contributed by atoms with Crippen LogP contribution in [-0.2, 0) is 11.8 Å². The van der Waals surface area contributed by atoms with Crippen molar-refractivity contribution in [1.29, 1.82) is 0 Å². The Bertz CT molecular complexity index is 933. The summed E-state index contributed by atoms with van der Waals surface area (Å²) in [6, 6.07) is 4.59. The average Bonchev–Trinajstić information content (AvgIpc) is 2.89. The fourth-order valence-electron chi connectivity index (χ4n) is 3.46. The third kappa shape index (κ3) is 3.69. The van der Waals surface area contributed by atoms with Crippen LogP contribution in [0, 0.1) is 19.7 Å². The summed E-state index contributed by atoms with van der Waals surface area (Å²) in [7, 11) is 2.97. The second kappa shape index (κ2) is 8.37. The van der Waals surface area contributed by atoms with Crippen LogP contribution < -0.4 is 0 Å². The van der Waals surface area contributed by atoms with Crippen molar-refractivity contribution in [3.63, 3.8) is 0 Å². The van der Waals surface area contributed by atoms with Gasteiger partial charge in [-0.2, -0.15) is 0 Å². The van der Waals surface area contributed by atoms with Crippen molar-refractivity contribution in [1.82, 2.24) is 9.47 Å². The van der Waals surface area contributed by atoms with Crippen LogP contribution in [0.15, 0.2) is 24.3 Å². The van der Waals surface area contributed by atoms with Crippen LogP contribution in [0.25, 0.3) is 0 Å². The molecule has 0 aliphatic rings. The molecule has 1 heterocycles. The van der Waals surface area contributed by atoms with Crippen molar-refractivity contribution in [2.45, 2.75) is 33.7 Å². The summed E-state index contributed by atoms with van der Waals surface area (Å²) in [6.07, 6.45) is 0. The van der Waals surface area contributed by atoms with Crippen molar-refractivity contribution >= 4 is 17.7 Å². The Morgan fingerprint density at radius 3 is 2.43 bits per heavy atom. The Kier molecular flexibility index (Phi) is 6.38. The van der Waals surface area contributed by atoms with Crippen molar-refractivity contribution in [3.05, 3.63) is 58.2 Å². The van der Waals surface area contributed by atoms with E-state index < -0.39 is 23.7 Å². The molecule has 1 aromatic carbocycles. The highest BCUT2D eigenvalue weighted by atomic mass is 19.1. The maximum Gasteiger partial charge on any atom is 0.354 e. The number of hydrogen-bond acceptors (Lipinski definition) is 4. The number of aromatic nitrogens is 1. The molecule has 2 rings (SSSR count). The fraction of sp³-hybridized carbons (Fsp3) is 0.381. The Morgan fingerprint density at radius 1 is 1.25 bits per heavy atom. The van der Waals surface area contributed by atoms with Crippen LogP contribution in [0.5, 0.6) is 0 Å². The zero-order valence-corrected chi connectivity index (χ0v) is 17.0. The van der Waals surface area contributed by atoms with E-state index in [0.717, 1.165) is 6.07 Å². The van der Waals surface area contributed by atoms with Gasteiger partial charge in [0.1, 0.15) is 11.5 Å². The van der Waals surface area contributed by atoms with Crippen LogP contribution in [0.2, 0.25) is 0 Å². The van der Waals surface area contributed by atoms with Gasteiger partial charge >= 0.3 is 5.97 Å². The van der Waals surface area contributed by atoms with Gasteiger partial charge in [-0.25, -0.2) is 9.18 Å². The van der Waals surface area contributed by atoms with Gasteiger partial charge in [-0.05, 0) is 51.5 Å². The molecule has 0 saturated heterocycles. The first kappa shape index (κ1) is 21.3. The SMILES string of the molecule is CCN(C(=O)c1cccc(F)c1)[C@@H](C)C(=O)c1c(C)c(C(=O)OC)n(C)c1C. The Morgan fingerprint density at radius 2 is 1.89 bits per heavy atom. The number of rotatable bonds is 6. The van der Waals surface area contributed by atoms with Gasteiger partial charge < -0.3 is 14.2 Å². The summed E-state index contributed by atoms with van der Waals surface area (Å²) in [6.45, 7) is 7.09. The summed E-state index contributed by atoms with van der Waals surface area (Å²) in [5, 5.41) is 0. The minimum Gasteiger partial charge on any atom is -0.464 e. The van der Waals surface area contributed by atoms with E-state index in [9.17, 15) is 18.8 Å². The molecule has 1 amide bonds. The number of carbonyl (C=O) groups is 3. The molecule has 0 fully saturated rings. The molecule has 1 aromatic heterocycles. The maximum absolute atomic E-state index is 13.5. The third-order valence-corrected chi connectivity index (χ3v) is 5.08. The van der Waals surface area contributed by atoms with Crippen LogP contribution in [0.3, 0.4) is 0 Å². The van der Waals surface area contributed by atoms with Crippen molar-refractivity contribution in [2.75, 3.05) is 13.7 Å². The van der Waals surface area contributed by atoms with Gasteiger partial charge in [-0.1, -0.05) is 6.07 Å². The normalized spacial score (nSPS) is 11.8. The van der Waals surface area contributed by atoms with E-state index in [1.807, 2.05) is 0 Å². The van der Waals surface area contributed by atoms with Gasteiger partial charge in [0.25, 0.3) is 5.91 Å². The van der Waals surface area contributed by atoms with Crippen LogP contribution in [0.1, 0.15) is 56.3 Å². The Balaban J connectivity index is 2.43. The fourth-order valence-corrected chi connectivity index (χ4v) is 3.46. The smallest absolute Gasteiger partial charge is 0.354 e. The first-order chi connectivity index (χ1) is 13.1. The molecule has 0 aliphatic carbocycles. The van der Waals surface area contributed by atoms with E-state index in [-0.39, 0.29) is 17.9 Å². The number of amides is 1. The first-order valence-corrected chi connectivity index (χ1v) is 9.00. The Hall–Kier alpha value is -2.96. The molecule has 2 aromatic rings. The zero-order valence-electron chi connectivity index (χ0n) is 17.0. The second-order valence-corrected chi connectivity index (χ2v) is 6.63. The second-order valence-electron chi connectivity index (χ2n) is 6.63. The summed E-state index contributed by atoms with van der Waals surface area (Å²) in [5.41, 5.74) is 2.00. The molecule has 28 heavy (non-hydrogen) atoms. The number of benzene rings is 1. The van der Waals surface area contributed by atoms with Gasteiger partial charge in [0.05, 0.1) is 13.2 Å². The van der Waals surface area contributed by atoms with Gasteiger partial charge in [0, 0.05) is 30.4 Å². The summed E-state index contributed by atoms with van der Waals surface area (Å²) < 4.78 is 19.9. The molecular formula is C21H25FN2O4. The van der Waals surface area contributed by atoms with Gasteiger partial charge in [0.2, 0.25) is 0 Å². The largest absolute Gasteiger partial charge is 0.464 e. The average molecular weight is 388 g/mol. The first-order valence-electron chi connectivity index (χ1n) is 9.00. The number of hydrogen-bond donors (Lipinski definition) is 0. The molecule has 150 valence electrons. The lowest BCUT2D eigenvalue weighted by molar-refractivity contribution is 0.0588. The number of ketones is 1. The van der Waals surface area contributed by atoms with E-state index in [1.54, 1.807) is 39.3 Å². The number of esters is 1. The van der Waals surface area contributed by atoms with Gasteiger partial charge in [0.15, 0.2) is 5.78 Å². The molecule has 0 radical (unpaired) electrons. The summed E-state index contributed by atoms with van der Waals surface area (Å²) in [5.74, 6) is -1.76. The number of nitrogens with zero attached hydrogens (tertiary/aromatic N) is 2. The number of carbonyl (C=O) groups excluding carboxylic acids is 3. The van der Waals surface area contributed by atoms with Crippen molar-refractivity contribution in [3.8, 4) is 0 Å². The lowest BCUT2D eigenvalue weighted by atomic mass is 9.99. The Labute approximate surface area is 163 Å². The van der Waals surface area contributed by atoms with E-state index in [4.69, 9.17) is 4.74 Å². The molecule has 0 bridgehead atoms. The van der Waals surface area contributed by atoms with Crippen LogP contribution >= 0.6 is 0 Å². The summed E-state index contributed by atoms with van der Waals surface area (Å²) >= 11 is 0. The molecule has 7 heteroatoms. The molecule has 0 aliphatic heterocycles. The number of Topliss-reactive ketones (excluding diaryl/α,β-unsaturated/α-hetero) is 1. The minimum absolute atomic E-state index is 0.179. The quantitative estimate of drug-likeness (QED) is 0.562. The van der Waals surface area contributed by atoms with Crippen LogP contribution in [-0.4, -0.2) is 46.8 Å². The van der Waals surface area contributed by atoms with Gasteiger partial charge in [-0.15, -0.1) is 0 Å². The van der Waals surface area contributed by atoms with Crippen LogP contribution in [0.4, 0.5) is 4.39 Å². The van der Waals surface area contributed by atoms with Crippen molar-refractivity contribution in [2.24, 2.45) is 7.05 Å². The molecule has 6 nitrogen and oxygen atoms in total. The topological polar surface area (TPSA) is 68.6 Å². The third-order valence-electron chi connectivity index (χ3n) is 5.08. The van der Waals surface area contributed by atoms with E-state index in [2.05, 4.69) is 0 Å². The standard InChI is InChI=1S/C21H25FN2O4/c1-7-24(20(26)15-9-8-10-16(22)11-15)14(4)19(25)17-12(2)18(21(27)28-6)23(5)13(17)3/h8-11,14H,7H2,1-6H3/t14-/m0/s1. The number of ether oxygens (including phenoxy) is 1. The lowest BCUT2D eigenvalue weighted by Crippen LogP contribution is -2.43.